The molecule has 0 radical (unpaired) electrons. The van der Waals surface area contributed by atoms with E-state index < -0.39 is 17.2 Å². The van der Waals surface area contributed by atoms with Crippen molar-refractivity contribution in [1.82, 2.24) is 9.80 Å². The van der Waals surface area contributed by atoms with Crippen molar-refractivity contribution >= 4 is 18.7 Å². The first-order chi connectivity index (χ1) is 12.0. The Kier molecular flexibility index (Phi) is 7.49. The van der Waals surface area contributed by atoms with Crippen LogP contribution in [-0.4, -0.2) is 58.7 Å². The lowest BCUT2D eigenvalue weighted by Gasteiger charge is -2.32. The second kappa shape index (κ2) is 8.93. The van der Waals surface area contributed by atoms with Gasteiger partial charge in [0, 0.05) is 19.1 Å². The molecule has 0 saturated carbocycles. The highest BCUT2D eigenvalue weighted by Crippen LogP contribution is 2.29. The zero-order valence-corrected chi connectivity index (χ0v) is 16.4. The summed E-state index contributed by atoms with van der Waals surface area (Å²) in [5, 5.41) is 0. The monoisotopic (exact) mass is 366 g/mol. The number of nitrogens with zero attached hydrogens (tertiary/aromatic N) is 2. The summed E-state index contributed by atoms with van der Waals surface area (Å²) >= 11 is 0. The van der Waals surface area contributed by atoms with E-state index in [1.54, 1.807) is 9.80 Å². The van der Waals surface area contributed by atoms with E-state index in [9.17, 15) is 14.4 Å². The highest BCUT2D eigenvalue weighted by atomic mass is 16.6. The Morgan fingerprint density at radius 3 is 2.35 bits per heavy atom. The molecule has 7 heteroatoms. The van der Waals surface area contributed by atoms with Crippen LogP contribution in [0.2, 0.25) is 0 Å². The average molecular weight is 366 g/mol. The fraction of sp³-hybridized carbons (Fsp3) is 0.737. The van der Waals surface area contributed by atoms with Crippen LogP contribution in [0.4, 0.5) is 9.59 Å². The summed E-state index contributed by atoms with van der Waals surface area (Å²) in [7, 11) is 0. The molecule has 2 heterocycles. The van der Waals surface area contributed by atoms with Gasteiger partial charge in [0.2, 0.25) is 0 Å². The van der Waals surface area contributed by atoms with Crippen LogP contribution in [0.15, 0.2) is 0 Å². The molecule has 2 atom stereocenters. The van der Waals surface area contributed by atoms with Gasteiger partial charge in [-0.25, -0.2) is 9.59 Å². The number of likely N-dealkylation sites (tertiary alicyclic amines) is 2. The smallest absolute Gasteiger partial charge is 0.417 e. The third-order valence-corrected chi connectivity index (χ3v) is 4.50. The Morgan fingerprint density at radius 2 is 1.88 bits per heavy atom. The van der Waals surface area contributed by atoms with Crippen LogP contribution in [0.3, 0.4) is 0 Å². The van der Waals surface area contributed by atoms with Gasteiger partial charge < -0.3 is 14.4 Å². The standard InChI is InChI=1S/C12H19NO2.C7H11NO3/c1-6-12(5)8-7-9-13(12)10(14)15-11(2,3)4;1-6-3-2-4-8(6)7(10)11-5-9/h1H,7-9H2,2-5H3;5-6H,2-4H2,1H3/t12-;/m0./s1. The lowest BCUT2D eigenvalue weighted by Crippen LogP contribution is -2.46. The number of carbonyl (C=O) groups is 3. The van der Waals surface area contributed by atoms with Crippen LogP contribution in [0.25, 0.3) is 0 Å². The summed E-state index contributed by atoms with van der Waals surface area (Å²) in [6, 6.07) is 0.211. The predicted molar refractivity (Wildman–Crippen MR) is 97.4 cm³/mol. The van der Waals surface area contributed by atoms with E-state index in [1.165, 1.54) is 0 Å². The Bertz CT molecular complexity index is 563. The average Bonchev–Trinajstić information content (AvgIpc) is 3.13. The van der Waals surface area contributed by atoms with Crippen LogP contribution in [0.5, 0.6) is 0 Å². The van der Waals surface area contributed by atoms with E-state index in [4.69, 9.17) is 11.2 Å². The fourth-order valence-corrected chi connectivity index (χ4v) is 3.04. The van der Waals surface area contributed by atoms with E-state index in [0.29, 0.717) is 13.1 Å². The van der Waals surface area contributed by atoms with Gasteiger partial charge >= 0.3 is 18.7 Å². The van der Waals surface area contributed by atoms with Crippen molar-refractivity contribution in [3.05, 3.63) is 0 Å². The first-order valence-electron chi connectivity index (χ1n) is 8.93. The van der Waals surface area contributed by atoms with Gasteiger partial charge in [0.25, 0.3) is 0 Å². The number of carbonyl (C=O) groups excluding carboxylic acids is 3. The molecule has 0 aliphatic carbocycles. The van der Waals surface area contributed by atoms with Crippen molar-refractivity contribution in [1.29, 1.82) is 0 Å². The molecule has 2 aliphatic rings. The third-order valence-electron chi connectivity index (χ3n) is 4.50. The van der Waals surface area contributed by atoms with Crippen LogP contribution >= 0.6 is 0 Å². The quantitative estimate of drug-likeness (QED) is 0.405. The Balaban J connectivity index is 0.000000273. The van der Waals surface area contributed by atoms with E-state index >= 15 is 0 Å². The van der Waals surface area contributed by atoms with E-state index in [-0.39, 0.29) is 18.6 Å². The molecular formula is C19H30N2O5. The molecule has 2 fully saturated rings. The summed E-state index contributed by atoms with van der Waals surface area (Å²) < 4.78 is 9.51. The van der Waals surface area contributed by atoms with Crippen molar-refractivity contribution in [3.63, 3.8) is 0 Å². The highest BCUT2D eigenvalue weighted by Gasteiger charge is 2.40. The molecule has 0 aromatic carbocycles. The zero-order valence-electron chi connectivity index (χ0n) is 16.4. The minimum Gasteiger partial charge on any atom is -0.444 e. The fourth-order valence-electron chi connectivity index (χ4n) is 3.04. The Hall–Kier alpha value is -2.23. The first kappa shape index (κ1) is 21.8. The molecule has 7 nitrogen and oxygen atoms in total. The number of terminal acetylenes is 1. The number of rotatable bonds is 1. The van der Waals surface area contributed by atoms with Crippen molar-refractivity contribution in [2.75, 3.05) is 13.1 Å². The van der Waals surface area contributed by atoms with Gasteiger partial charge in [0.05, 0.1) is 0 Å². The number of amides is 2. The largest absolute Gasteiger partial charge is 0.444 e. The molecule has 26 heavy (non-hydrogen) atoms. The van der Waals surface area contributed by atoms with Gasteiger partial charge in [-0.2, -0.15) is 0 Å². The summed E-state index contributed by atoms with van der Waals surface area (Å²) in [6.07, 6.45) is 8.42. The van der Waals surface area contributed by atoms with Gasteiger partial charge in [-0.1, -0.05) is 5.92 Å². The third kappa shape index (κ3) is 5.94. The van der Waals surface area contributed by atoms with Crippen LogP contribution in [0, 0.1) is 12.3 Å². The minimum absolute atomic E-state index is 0.174. The number of hydrogen-bond acceptors (Lipinski definition) is 5. The van der Waals surface area contributed by atoms with Gasteiger partial charge in [-0.05, 0) is 60.3 Å². The number of ether oxygens (including phenoxy) is 2. The molecule has 0 aromatic heterocycles. The maximum atomic E-state index is 11.8. The molecule has 2 amide bonds. The summed E-state index contributed by atoms with van der Waals surface area (Å²) in [5.74, 6) is 2.68. The highest BCUT2D eigenvalue weighted by molar-refractivity contribution is 5.75. The van der Waals surface area contributed by atoms with Crippen LogP contribution in [-0.2, 0) is 14.3 Å². The molecule has 1 unspecified atom stereocenters. The second-order valence-corrected chi connectivity index (χ2v) is 7.82. The van der Waals surface area contributed by atoms with Gasteiger partial charge in [-0.3, -0.25) is 9.69 Å². The first-order valence-corrected chi connectivity index (χ1v) is 8.93. The Morgan fingerprint density at radius 1 is 1.23 bits per heavy atom. The van der Waals surface area contributed by atoms with Crippen molar-refractivity contribution in [2.45, 2.75) is 77.5 Å². The second-order valence-electron chi connectivity index (χ2n) is 7.82. The normalized spacial score (nSPS) is 25.0. The van der Waals surface area contributed by atoms with E-state index in [1.807, 2.05) is 34.6 Å². The van der Waals surface area contributed by atoms with E-state index in [0.717, 1.165) is 25.7 Å². The molecule has 0 spiro atoms. The van der Waals surface area contributed by atoms with Gasteiger partial charge in [0.15, 0.2) is 0 Å². The topological polar surface area (TPSA) is 76.2 Å². The SMILES string of the molecule is C#C[C@@]1(C)CCCN1C(=O)OC(C)(C)C.CC1CCCN1C(=O)OC=O. The molecule has 0 aromatic rings. The van der Waals surface area contributed by atoms with E-state index in [2.05, 4.69) is 10.7 Å². The summed E-state index contributed by atoms with van der Waals surface area (Å²) in [4.78, 5) is 35.8. The maximum Gasteiger partial charge on any atom is 0.417 e. The van der Waals surface area contributed by atoms with Crippen molar-refractivity contribution < 1.29 is 23.9 Å². The maximum absolute atomic E-state index is 11.8. The lowest BCUT2D eigenvalue weighted by atomic mass is 10.0. The van der Waals surface area contributed by atoms with Crippen LogP contribution in [0.1, 0.15) is 60.3 Å². The van der Waals surface area contributed by atoms with Gasteiger partial charge in [-0.15, -0.1) is 6.42 Å². The molecule has 146 valence electrons. The minimum atomic E-state index is -0.523. The zero-order chi connectivity index (χ0) is 20.0. The predicted octanol–water partition coefficient (Wildman–Crippen LogP) is 3.17. The lowest BCUT2D eigenvalue weighted by molar-refractivity contribution is -0.124. The molecule has 2 rings (SSSR count). The van der Waals surface area contributed by atoms with Gasteiger partial charge in [0.1, 0.15) is 11.1 Å². The molecular weight excluding hydrogens is 336 g/mol. The molecule has 0 N–H and O–H groups in total. The van der Waals surface area contributed by atoms with Crippen molar-refractivity contribution in [3.8, 4) is 12.3 Å². The molecule has 2 saturated heterocycles. The summed E-state index contributed by atoms with van der Waals surface area (Å²) in [6.45, 7) is 11.0. The van der Waals surface area contributed by atoms with Crippen LogP contribution < -0.4 is 0 Å². The molecule has 2 aliphatic heterocycles. The van der Waals surface area contributed by atoms with Crippen molar-refractivity contribution in [2.24, 2.45) is 0 Å². The number of hydrogen-bond donors (Lipinski definition) is 0. The Labute approximate surface area is 156 Å². The molecule has 0 bridgehead atoms. The summed E-state index contributed by atoms with van der Waals surface area (Å²) in [5.41, 5.74) is -0.933.